The Morgan fingerprint density at radius 2 is 2.29 bits per heavy atom. The van der Waals surface area contributed by atoms with E-state index in [1.165, 1.54) is 0 Å². The summed E-state index contributed by atoms with van der Waals surface area (Å²) in [6, 6.07) is 1.62. The zero-order valence-electron chi connectivity index (χ0n) is 7.08. The second kappa shape index (κ2) is 3.64. The van der Waals surface area contributed by atoms with Gasteiger partial charge in [0.05, 0.1) is 16.6 Å². The Kier molecular flexibility index (Phi) is 2.49. The monoisotopic (exact) mass is 261 g/mol. The lowest BCUT2D eigenvalue weighted by molar-refractivity contribution is 0.154. The number of ether oxygens (including phenoxy) is 2. The molecule has 1 aromatic carbocycles. The largest absolute Gasteiger partial charge is 0.506 e. The molecule has 76 valence electrons. The van der Waals surface area contributed by atoms with Crippen molar-refractivity contribution < 1.29 is 19.8 Å². The molecule has 0 bridgehead atoms. The molecule has 6 heteroatoms. The maximum atomic E-state index is 9.66. The summed E-state index contributed by atoms with van der Waals surface area (Å²) in [5, 5.41) is 18.3. The van der Waals surface area contributed by atoms with E-state index >= 15 is 0 Å². The normalized spacial score (nSPS) is 13.3. The summed E-state index contributed by atoms with van der Waals surface area (Å²) in [4.78, 5) is 0. The predicted octanol–water partition coefficient (Wildman–Crippen LogP) is 1.36. The van der Waals surface area contributed by atoms with Crippen LogP contribution in [0.2, 0.25) is 0 Å². The van der Waals surface area contributed by atoms with Gasteiger partial charge in [-0.2, -0.15) is 0 Å². The summed E-state index contributed by atoms with van der Waals surface area (Å²) in [7, 11) is 0. The first-order valence-corrected chi connectivity index (χ1v) is 4.70. The lowest BCUT2D eigenvalue weighted by Gasteiger charge is -2.08. The molecule has 2 rings (SSSR count). The fourth-order valence-electron chi connectivity index (χ4n) is 1.31. The van der Waals surface area contributed by atoms with Gasteiger partial charge < -0.3 is 19.8 Å². The van der Waals surface area contributed by atoms with Gasteiger partial charge in [-0.05, 0) is 15.9 Å². The zero-order chi connectivity index (χ0) is 10.1. The van der Waals surface area contributed by atoms with Crippen LogP contribution in [0.1, 0.15) is 5.56 Å². The highest BCUT2D eigenvalue weighted by Crippen LogP contribution is 2.44. The lowest BCUT2D eigenvalue weighted by Crippen LogP contribution is -2.07. The minimum Gasteiger partial charge on any atom is -0.506 e. The second-order valence-corrected chi connectivity index (χ2v) is 3.61. The molecule has 1 aromatic rings. The Morgan fingerprint density at radius 1 is 1.50 bits per heavy atom. The van der Waals surface area contributed by atoms with Crippen LogP contribution in [0.4, 0.5) is 0 Å². The minimum atomic E-state index is 0.0378. The molecule has 0 fully saturated rings. The van der Waals surface area contributed by atoms with Gasteiger partial charge in [-0.25, -0.2) is 5.48 Å². The van der Waals surface area contributed by atoms with E-state index < -0.39 is 0 Å². The number of hydrogen-bond acceptors (Lipinski definition) is 5. The number of benzene rings is 1. The molecular formula is C8H8BrNO4. The van der Waals surface area contributed by atoms with Crippen molar-refractivity contribution >= 4 is 15.9 Å². The van der Waals surface area contributed by atoms with Crippen molar-refractivity contribution in [2.24, 2.45) is 0 Å². The first-order chi connectivity index (χ1) is 6.74. The standard InChI is InChI=1S/C8H8BrNO4/c9-5-1-6-8(14-3-13-6)4(2-10-12)7(5)11/h1,10-12H,2-3H2. The van der Waals surface area contributed by atoms with E-state index in [1.54, 1.807) is 6.07 Å². The molecule has 0 saturated carbocycles. The molecule has 0 spiro atoms. The molecule has 1 heterocycles. The summed E-state index contributed by atoms with van der Waals surface area (Å²) in [6.07, 6.45) is 0. The highest BCUT2D eigenvalue weighted by molar-refractivity contribution is 9.10. The number of hydrogen-bond donors (Lipinski definition) is 3. The van der Waals surface area contributed by atoms with E-state index in [0.29, 0.717) is 21.5 Å². The fourth-order valence-corrected chi connectivity index (χ4v) is 1.76. The van der Waals surface area contributed by atoms with E-state index in [-0.39, 0.29) is 19.1 Å². The molecule has 0 amide bonds. The van der Waals surface area contributed by atoms with Gasteiger partial charge in [0.25, 0.3) is 0 Å². The minimum absolute atomic E-state index is 0.0378. The molecule has 1 aliphatic rings. The molecule has 0 aliphatic carbocycles. The molecule has 14 heavy (non-hydrogen) atoms. The maximum Gasteiger partial charge on any atom is 0.231 e. The molecular weight excluding hydrogens is 254 g/mol. The molecule has 0 atom stereocenters. The zero-order valence-corrected chi connectivity index (χ0v) is 8.67. The van der Waals surface area contributed by atoms with Gasteiger partial charge in [-0.15, -0.1) is 0 Å². The van der Waals surface area contributed by atoms with E-state index in [2.05, 4.69) is 15.9 Å². The average Bonchev–Trinajstić information content (AvgIpc) is 2.60. The van der Waals surface area contributed by atoms with Gasteiger partial charge in [0, 0.05) is 6.07 Å². The number of halogens is 1. The van der Waals surface area contributed by atoms with Crippen molar-refractivity contribution in [2.45, 2.75) is 6.54 Å². The van der Waals surface area contributed by atoms with Gasteiger partial charge in [-0.3, -0.25) is 0 Å². The van der Waals surface area contributed by atoms with Crippen LogP contribution in [0.15, 0.2) is 10.5 Å². The van der Waals surface area contributed by atoms with Gasteiger partial charge in [0.1, 0.15) is 5.75 Å². The first kappa shape index (κ1) is 9.57. The molecule has 0 unspecified atom stereocenters. The van der Waals surface area contributed by atoms with Crippen LogP contribution in [0.25, 0.3) is 0 Å². The molecule has 1 aliphatic heterocycles. The lowest BCUT2D eigenvalue weighted by atomic mass is 10.1. The summed E-state index contributed by atoms with van der Waals surface area (Å²) >= 11 is 3.17. The predicted molar refractivity (Wildman–Crippen MR) is 50.6 cm³/mol. The van der Waals surface area contributed by atoms with Crippen LogP contribution in [0, 0.1) is 0 Å². The van der Waals surface area contributed by atoms with Crippen LogP contribution < -0.4 is 15.0 Å². The third-order valence-electron chi connectivity index (χ3n) is 1.94. The van der Waals surface area contributed by atoms with Gasteiger partial charge in [-0.1, -0.05) is 0 Å². The van der Waals surface area contributed by atoms with Crippen LogP contribution in [0.3, 0.4) is 0 Å². The third kappa shape index (κ3) is 1.41. The second-order valence-electron chi connectivity index (χ2n) is 2.75. The van der Waals surface area contributed by atoms with E-state index in [9.17, 15) is 5.11 Å². The van der Waals surface area contributed by atoms with Crippen molar-refractivity contribution in [1.29, 1.82) is 0 Å². The number of aromatic hydroxyl groups is 1. The highest BCUT2D eigenvalue weighted by Gasteiger charge is 2.22. The van der Waals surface area contributed by atoms with Crippen molar-refractivity contribution in [3.05, 3.63) is 16.1 Å². The summed E-state index contributed by atoms with van der Waals surface area (Å²) in [5.41, 5.74) is 2.43. The van der Waals surface area contributed by atoms with E-state index in [0.717, 1.165) is 0 Å². The Morgan fingerprint density at radius 3 is 3.00 bits per heavy atom. The van der Waals surface area contributed by atoms with Crippen LogP contribution >= 0.6 is 15.9 Å². The Balaban J connectivity index is 2.54. The molecule has 0 radical (unpaired) electrons. The topological polar surface area (TPSA) is 71.0 Å². The molecule has 0 aromatic heterocycles. The van der Waals surface area contributed by atoms with Crippen molar-refractivity contribution in [3.8, 4) is 17.2 Å². The SMILES string of the molecule is ONCc1c(O)c(Br)cc2c1OCO2. The van der Waals surface area contributed by atoms with Gasteiger partial charge in [0.2, 0.25) is 6.79 Å². The maximum absolute atomic E-state index is 9.66. The summed E-state index contributed by atoms with van der Waals surface area (Å²) in [6.45, 7) is 0.223. The Labute approximate surface area is 88.3 Å². The van der Waals surface area contributed by atoms with Crippen LogP contribution in [-0.2, 0) is 6.54 Å². The quantitative estimate of drug-likeness (QED) is 0.702. The molecule has 3 N–H and O–H groups in total. The number of nitrogens with one attached hydrogen (secondary N) is 1. The molecule has 5 nitrogen and oxygen atoms in total. The van der Waals surface area contributed by atoms with Crippen LogP contribution in [-0.4, -0.2) is 17.1 Å². The average molecular weight is 262 g/mol. The molecule has 0 saturated heterocycles. The van der Waals surface area contributed by atoms with Crippen molar-refractivity contribution in [1.82, 2.24) is 5.48 Å². The van der Waals surface area contributed by atoms with Crippen LogP contribution in [0.5, 0.6) is 17.2 Å². The Hall–Kier alpha value is -0.980. The van der Waals surface area contributed by atoms with Gasteiger partial charge >= 0.3 is 0 Å². The van der Waals surface area contributed by atoms with Gasteiger partial charge in [0.15, 0.2) is 11.5 Å². The first-order valence-electron chi connectivity index (χ1n) is 3.91. The number of phenols is 1. The number of hydroxylamine groups is 1. The number of phenolic OH excluding ortho intramolecular Hbond substituents is 1. The van der Waals surface area contributed by atoms with Crippen molar-refractivity contribution in [2.75, 3.05) is 6.79 Å². The van der Waals surface area contributed by atoms with E-state index in [4.69, 9.17) is 14.7 Å². The summed E-state index contributed by atoms with van der Waals surface area (Å²) < 4.78 is 10.8. The third-order valence-corrected chi connectivity index (χ3v) is 2.55. The number of rotatable bonds is 2. The van der Waals surface area contributed by atoms with Crippen molar-refractivity contribution in [3.63, 3.8) is 0 Å². The highest BCUT2D eigenvalue weighted by atomic mass is 79.9. The fraction of sp³-hybridized carbons (Fsp3) is 0.250. The Bertz CT molecular complexity index is 369. The smallest absolute Gasteiger partial charge is 0.231 e. The number of fused-ring (bicyclic) bond motifs is 1. The summed E-state index contributed by atoms with van der Waals surface area (Å²) in [5.74, 6) is 1.06. The van der Waals surface area contributed by atoms with E-state index in [1.807, 2.05) is 5.48 Å².